The monoisotopic (exact) mass is 391 g/mol. The number of hydrogen-bond acceptors (Lipinski definition) is 5. The topological polar surface area (TPSA) is 105 Å². The molecule has 3 rings (SSSR count). The van der Waals surface area contributed by atoms with Crippen LogP contribution in [0.5, 0.6) is 0 Å². The van der Waals surface area contributed by atoms with Gasteiger partial charge in [-0.2, -0.15) is 5.10 Å². The van der Waals surface area contributed by atoms with Gasteiger partial charge in [0, 0.05) is 25.5 Å². The van der Waals surface area contributed by atoms with Crippen molar-refractivity contribution in [3.8, 4) is 0 Å². The van der Waals surface area contributed by atoms with Crippen LogP contribution in [0.4, 0.5) is 0 Å². The molecule has 2 aromatic rings. The maximum Gasteiger partial charge on any atom is 0.248 e. The van der Waals surface area contributed by atoms with Gasteiger partial charge in [0.05, 0.1) is 4.90 Å². The van der Waals surface area contributed by atoms with E-state index in [0.717, 1.165) is 18.7 Å². The summed E-state index contributed by atoms with van der Waals surface area (Å²) >= 11 is 0. The lowest BCUT2D eigenvalue weighted by Gasteiger charge is -2.36. The molecule has 0 bridgehead atoms. The van der Waals surface area contributed by atoms with Gasteiger partial charge in [0.15, 0.2) is 0 Å². The number of nitrogens with zero attached hydrogens (tertiary/aromatic N) is 2. The van der Waals surface area contributed by atoms with Gasteiger partial charge in [0.25, 0.3) is 0 Å². The lowest BCUT2D eigenvalue weighted by molar-refractivity contribution is -0.131. The fraction of sp³-hybridized carbons (Fsp3) is 0.444. The molecule has 0 spiro atoms. The third-order valence-electron chi connectivity index (χ3n) is 4.83. The molecular formula is C18H25N5O3S. The minimum absolute atomic E-state index is 0.120. The van der Waals surface area contributed by atoms with Crippen LogP contribution in [0.3, 0.4) is 0 Å². The van der Waals surface area contributed by atoms with Crippen LogP contribution in [-0.2, 0) is 20.4 Å². The molecule has 0 atom stereocenters. The highest BCUT2D eigenvalue weighted by Crippen LogP contribution is 2.27. The van der Waals surface area contributed by atoms with E-state index in [1.165, 1.54) is 0 Å². The number of piperidine rings is 1. The number of carbonyl (C=O) groups is 1. The molecule has 9 heteroatoms. The first kappa shape index (κ1) is 19.5. The number of aryl methyl sites for hydroxylation is 1. The van der Waals surface area contributed by atoms with Gasteiger partial charge in [-0.05, 0) is 51.1 Å². The zero-order valence-corrected chi connectivity index (χ0v) is 16.1. The van der Waals surface area contributed by atoms with Crippen molar-refractivity contribution in [2.75, 3.05) is 26.2 Å². The predicted molar refractivity (Wildman–Crippen MR) is 102 cm³/mol. The van der Waals surface area contributed by atoms with E-state index >= 15 is 0 Å². The number of carbonyl (C=O) groups excluding carboxylic acids is 1. The van der Waals surface area contributed by atoms with Gasteiger partial charge in [-0.25, -0.2) is 13.1 Å². The maximum atomic E-state index is 12.9. The SMILES string of the molecule is Cc1ccc(S(=O)(=O)NCCNC(=O)C2(n3cccn3)CCNCC2)cc1. The smallest absolute Gasteiger partial charge is 0.248 e. The molecule has 0 radical (unpaired) electrons. The molecule has 1 saturated heterocycles. The third kappa shape index (κ3) is 4.37. The second-order valence-corrected chi connectivity index (χ2v) is 8.47. The summed E-state index contributed by atoms with van der Waals surface area (Å²) in [6.07, 6.45) is 4.73. The molecule has 8 nitrogen and oxygen atoms in total. The molecule has 3 N–H and O–H groups in total. The fourth-order valence-corrected chi connectivity index (χ4v) is 4.28. The van der Waals surface area contributed by atoms with Gasteiger partial charge in [-0.15, -0.1) is 0 Å². The number of benzene rings is 1. The van der Waals surface area contributed by atoms with Crippen LogP contribution in [0.15, 0.2) is 47.6 Å². The summed E-state index contributed by atoms with van der Waals surface area (Å²) in [4.78, 5) is 13.1. The molecule has 1 aliphatic heterocycles. The molecule has 2 heterocycles. The quantitative estimate of drug-likeness (QED) is 0.591. The molecule has 0 unspecified atom stereocenters. The van der Waals surface area contributed by atoms with Crippen molar-refractivity contribution in [3.63, 3.8) is 0 Å². The molecule has 146 valence electrons. The van der Waals surface area contributed by atoms with E-state index in [1.54, 1.807) is 47.4 Å². The summed E-state index contributed by atoms with van der Waals surface area (Å²) in [5.74, 6) is -0.137. The predicted octanol–water partition coefficient (Wildman–Crippen LogP) is 0.365. The number of nitrogens with one attached hydrogen (secondary N) is 3. The van der Waals surface area contributed by atoms with Crippen molar-refractivity contribution in [1.29, 1.82) is 0 Å². The molecular weight excluding hydrogens is 366 g/mol. The molecule has 1 amide bonds. The number of rotatable bonds is 7. The van der Waals surface area contributed by atoms with Crippen molar-refractivity contribution in [1.82, 2.24) is 25.1 Å². The average molecular weight is 391 g/mol. The second-order valence-electron chi connectivity index (χ2n) is 6.70. The van der Waals surface area contributed by atoms with Crippen molar-refractivity contribution in [2.45, 2.75) is 30.2 Å². The lowest BCUT2D eigenvalue weighted by atomic mass is 9.87. The summed E-state index contributed by atoms with van der Waals surface area (Å²) in [5.41, 5.74) is 0.261. The lowest BCUT2D eigenvalue weighted by Crippen LogP contribution is -2.55. The Labute approximate surface area is 159 Å². The summed E-state index contributed by atoms with van der Waals surface area (Å²) in [6, 6.07) is 8.44. The normalized spacial score (nSPS) is 16.8. The summed E-state index contributed by atoms with van der Waals surface area (Å²) < 4.78 is 28.8. The Kier molecular flexibility index (Phi) is 5.93. The molecule has 1 fully saturated rings. The van der Waals surface area contributed by atoms with Crippen molar-refractivity contribution in [2.24, 2.45) is 0 Å². The average Bonchev–Trinajstić information content (AvgIpc) is 3.21. The zero-order chi connectivity index (χ0) is 19.3. The number of hydrogen-bond donors (Lipinski definition) is 3. The Morgan fingerprint density at radius 1 is 1.22 bits per heavy atom. The van der Waals surface area contributed by atoms with E-state index in [0.29, 0.717) is 12.8 Å². The molecule has 1 aromatic carbocycles. The fourth-order valence-electron chi connectivity index (χ4n) is 3.25. The maximum absolute atomic E-state index is 12.9. The largest absolute Gasteiger partial charge is 0.353 e. The van der Waals surface area contributed by atoms with Gasteiger partial charge >= 0.3 is 0 Å². The van der Waals surface area contributed by atoms with Crippen molar-refractivity contribution < 1.29 is 13.2 Å². The van der Waals surface area contributed by atoms with Crippen LogP contribution in [-0.4, -0.2) is 50.3 Å². The number of aromatic nitrogens is 2. The molecule has 27 heavy (non-hydrogen) atoms. The van der Waals surface area contributed by atoms with Gasteiger partial charge in [0.1, 0.15) is 5.54 Å². The zero-order valence-electron chi connectivity index (χ0n) is 15.3. The summed E-state index contributed by atoms with van der Waals surface area (Å²) in [5, 5.41) is 10.4. The van der Waals surface area contributed by atoms with E-state index in [4.69, 9.17) is 0 Å². The van der Waals surface area contributed by atoms with E-state index < -0.39 is 15.6 Å². The Hall–Kier alpha value is -2.23. The first-order valence-electron chi connectivity index (χ1n) is 9.00. The minimum atomic E-state index is -3.59. The second kappa shape index (κ2) is 8.20. The number of sulfonamides is 1. The first-order valence-corrected chi connectivity index (χ1v) is 10.5. The highest BCUT2D eigenvalue weighted by atomic mass is 32.2. The van der Waals surface area contributed by atoms with Crippen LogP contribution in [0.25, 0.3) is 0 Å². The van der Waals surface area contributed by atoms with Crippen LogP contribution in [0, 0.1) is 6.92 Å². The molecule has 1 aromatic heterocycles. The van der Waals surface area contributed by atoms with Crippen LogP contribution in [0.1, 0.15) is 18.4 Å². The van der Waals surface area contributed by atoms with Gasteiger partial charge in [-0.1, -0.05) is 17.7 Å². The van der Waals surface area contributed by atoms with E-state index in [2.05, 4.69) is 20.5 Å². The Bertz CT molecular complexity index is 857. The van der Waals surface area contributed by atoms with Crippen LogP contribution in [0.2, 0.25) is 0 Å². The molecule has 0 aliphatic carbocycles. The van der Waals surface area contributed by atoms with E-state index in [9.17, 15) is 13.2 Å². The Morgan fingerprint density at radius 2 is 1.93 bits per heavy atom. The highest BCUT2D eigenvalue weighted by molar-refractivity contribution is 7.89. The third-order valence-corrected chi connectivity index (χ3v) is 6.31. The van der Waals surface area contributed by atoms with E-state index in [1.807, 2.05) is 6.92 Å². The summed E-state index contributed by atoms with van der Waals surface area (Å²) in [7, 11) is -3.59. The number of amides is 1. The van der Waals surface area contributed by atoms with Gasteiger partial charge in [-0.3, -0.25) is 9.48 Å². The van der Waals surface area contributed by atoms with Crippen LogP contribution >= 0.6 is 0 Å². The Morgan fingerprint density at radius 3 is 2.56 bits per heavy atom. The Balaban J connectivity index is 1.58. The summed E-state index contributed by atoms with van der Waals surface area (Å²) in [6.45, 7) is 3.69. The molecule has 1 aliphatic rings. The highest BCUT2D eigenvalue weighted by Gasteiger charge is 2.41. The first-order chi connectivity index (χ1) is 12.9. The van der Waals surface area contributed by atoms with Crippen molar-refractivity contribution >= 4 is 15.9 Å². The van der Waals surface area contributed by atoms with Gasteiger partial charge < -0.3 is 10.6 Å². The minimum Gasteiger partial charge on any atom is -0.353 e. The standard InChI is InChI=1S/C18H25N5O3S/c1-15-3-5-16(6-4-15)27(25,26)22-13-12-20-17(24)18(7-10-19-11-8-18)23-14-2-9-21-23/h2-6,9,14,19,22H,7-8,10-13H2,1H3,(H,20,24). The van der Waals surface area contributed by atoms with Crippen LogP contribution < -0.4 is 15.4 Å². The van der Waals surface area contributed by atoms with Gasteiger partial charge in [0.2, 0.25) is 15.9 Å². The molecule has 0 saturated carbocycles. The van der Waals surface area contributed by atoms with Crippen molar-refractivity contribution in [3.05, 3.63) is 48.3 Å². The van der Waals surface area contributed by atoms with E-state index in [-0.39, 0.29) is 23.9 Å².